The normalized spacial score (nSPS) is 20.5. The summed E-state index contributed by atoms with van der Waals surface area (Å²) in [5.74, 6) is 1.10. The number of amides is 1. The molecule has 1 amide bonds. The summed E-state index contributed by atoms with van der Waals surface area (Å²) < 4.78 is 8.23. The lowest BCUT2D eigenvalue weighted by atomic mass is 10.0. The molecule has 5 rings (SSSR count). The number of hydrogen-bond acceptors (Lipinski definition) is 5. The number of nitrogens with zero attached hydrogens (tertiary/aromatic N) is 4. The molecule has 32 heavy (non-hydrogen) atoms. The Morgan fingerprint density at radius 1 is 1.06 bits per heavy atom. The second-order valence-electron chi connectivity index (χ2n) is 9.14. The molecular formula is C25H31N5O2. The van der Waals surface area contributed by atoms with Crippen molar-refractivity contribution in [2.24, 2.45) is 13.0 Å². The van der Waals surface area contributed by atoms with Crippen LogP contribution >= 0.6 is 0 Å². The van der Waals surface area contributed by atoms with Crippen LogP contribution in [0, 0.1) is 5.92 Å². The van der Waals surface area contributed by atoms with Gasteiger partial charge in [-0.3, -0.25) is 9.48 Å². The van der Waals surface area contributed by atoms with Gasteiger partial charge in [-0.15, -0.1) is 0 Å². The van der Waals surface area contributed by atoms with Crippen molar-refractivity contribution in [1.29, 1.82) is 0 Å². The first-order valence-electron chi connectivity index (χ1n) is 11.4. The van der Waals surface area contributed by atoms with E-state index in [0.717, 1.165) is 54.0 Å². The summed E-state index contributed by atoms with van der Waals surface area (Å²) in [6, 6.07) is 13.0. The lowest BCUT2D eigenvalue weighted by Gasteiger charge is -2.34. The fraction of sp³-hybridized carbons (Fsp3) is 0.440. The van der Waals surface area contributed by atoms with E-state index >= 15 is 0 Å². The van der Waals surface area contributed by atoms with Crippen molar-refractivity contribution in [3.05, 3.63) is 42.6 Å². The molecule has 7 nitrogen and oxygen atoms in total. The minimum atomic E-state index is -0.0628. The maximum Gasteiger partial charge on any atom is 0.220 e. The molecule has 2 aliphatic rings. The zero-order valence-electron chi connectivity index (χ0n) is 19.0. The molecule has 2 atom stereocenters. The van der Waals surface area contributed by atoms with Crippen molar-refractivity contribution in [3.63, 3.8) is 0 Å². The fourth-order valence-corrected chi connectivity index (χ4v) is 4.66. The Balaban J connectivity index is 1.42. The summed E-state index contributed by atoms with van der Waals surface area (Å²) in [5, 5.41) is 8.53. The number of rotatable bonds is 5. The number of likely N-dealkylation sites (N-methyl/N-ethyl adjacent to an activating group) is 1. The molecule has 2 fully saturated rings. The molecule has 1 unspecified atom stereocenters. The van der Waals surface area contributed by atoms with Gasteiger partial charge in [0, 0.05) is 64.0 Å². The van der Waals surface area contributed by atoms with E-state index in [1.54, 1.807) is 0 Å². The fourth-order valence-electron chi connectivity index (χ4n) is 4.66. The first-order valence-corrected chi connectivity index (χ1v) is 11.4. The molecule has 0 aliphatic carbocycles. The van der Waals surface area contributed by atoms with Crippen molar-refractivity contribution >= 4 is 22.5 Å². The SMILES string of the molecule is CC(Oc1cc(-c2ccc(N3CCN(C)CC3)cc2)cc2nn(C)cc12)[C@H]1CNC(=O)C1. The van der Waals surface area contributed by atoms with E-state index < -0.39 is 0 Å². The zero-order chi connectivity index (χ0) is 22.2. The molecule has 3 aromatic rings. The highest BCUT2D eigenvalue weighted by molar-refractivity contribution is 5.90. The number of carbonyl (C=O) groups excluding carboxylic acids is 1. The highest BCUT2D eigenvalue weighted by Crippen LogP contribution is 2.34. The molecule has 3 heterocycles. The van der Waals surface area contributed by atoms with Gasteiger partial charge in [-0.2, -0.15) is 5.10 Å². The number of benzene rings is 2. The molecule has 2 aromatic carbocycles. The third-order valence-electron chi connectivity index (χ3n) is 6.76. The summed E-state index contributed by atoms with van der Waals surface area (Å²) in [7, 11) is 4.10. The van der Waals surface area contributed by atoms with Gasteiger partial charge in [0.2, 0.25) is 5.91 Å². The number of hydrogen-bond donors (Lipinski definition) is 1. The number of nitrogens with one attached hydrogen (secondary N) is 1. The number of anilines is 1. The van der Waals surface area contributed by atoms with Gasteiger partial charge in [-0.1, -0.05) is 12.1 Å². The second-order valence-corrected chi connectivity index (χ2v) is 9.14. The number of carbonyl (C=O) groups is 1. The predicted octanol–water partition coefficient (Wildman–Crippen LogP) is 2.90. The van der Waals surface area contributed by atoms with Gasteiger partial charge in [-0.05, 0) is 49.4 Å². The van der Waals surface area contributed by atoms with E-state index in [0.29, 0.717) is 13.0 Å². The number of aromatic nitrogens is 2. The van der Waals surface area contributed by atoms with Crippen molar-refractivity contribution in [2.75, 3.05) is 44.7 Å². The topological polar surface area (TPSA) is 62.6 Å². The number of ether oxygens (including phenoxy) is 1. The van der Waals surface area contributed by atoms with Crippen molar-refractivity contribution in [2.45, 2.75) is 19.4 Å². The highest BCUT2D eigenvalue weighted by Gasteiger charge is 2.28. The van der Waals surface area contributed by atoms with E-state index in [2.05, 4.69) is 63.7 Å². The molecule has 7 heteroatoms. The van der Waals surface area contributed by atoms with E-state index in [1.807, 2.05) is 24.9 Å². The molecule has 2 saturated heterocycles. The average Bonchev–Trinajstić information content (AvgIpc) is 3.39. The third-order valence-corrected chi connectivity index (χ3v) is 6.76. The predicted molar refractivity (Wildman–Crippen MR) is 127 cm³/mol. The van der Waals surface area contributed by atoms with Crippen LogP contribution in [0.15, 0.2) is 42.6 Å². The smallest absolute Gasteiger partial charge is 0.220 e. The van der Waals surface area contributed by atoms with Crippen molar-refractivity contribution < 1.29 is 9.53 Å². The van der Waals surface area contributed by atoms with Gasteiger partial charge in [0.05, 0.1) is 10.9 Å². The van der Waals surface area contributed by atoms with Gasteiger partial charge in [0.15, 0.2) is 0 Å². The van der Waals surface area contributed by atoms with Crippen LogP contribution in [0.4, 0.5) is 5.69 Å². The monoisotopic (exact) mass is 433 g/mol. The summed E-state index contributed by atoms with van der Waals surface area (Å²) in [4.78, 5) is 16.4. The third kappa shape index (κ3) is 4.17. The molecular weight excluding hydrogens is 402 g/mol. The maximum absolute atomic E-state index is 11.6. The molecule has 0 spiro atoms. The molecule has 0 saturated carbocycles. The number of aryl methyl sites for hydroxylation is 1. The largest absolute Gasteiger partial charge is 0.490 e. The summed E-state index contributed by atoms with van der Waals surface area (Å²) in [6.45, 7) is 7.03. The number of fused-ring (bicyclic) bond motifs is 1. The van der Waals surface area contributed by atoms with Gasteiger partial charge < -0.3 is 19.9 Å². The molecule has 1 aromatic heterocycles. The molecule has 0 bridgehead atoms. The van der Waals surface area contributed by atoms with Gasteiger partial charge in [0.25, 0.3) is 0 Å². The Labute approximate surface area is 188 Å². The Bertz CT molecular complexity index is 1120. The minimum absolute atomic E-state index is 0.0628. The standard InChI is InChI=1S/C25H31N5O2/c1-17(20-14-25(31)26-15-20)32-24-13-19(12-23-22(24)16-29(3)27-23)18-4-6-21(7-5-18)30-10-8-28(2)9-11-30/h4-7,12-13,16-17,20H,8-11,14-15H2,1-3H3,(H,26,31)/t17?,20-/m1/s1. The van der Waals surface area contributed by atoms with Crippen LogP contribution < -0.4 is 15.0 Å². The van der Waals surface area contributed by atoms with E-state index in [-0.39, 0.29) is 17.9 Å². The van der Waals surface area contributed by atoms with Crippen LogP contribution in [0.25, 0.3) is 22.0 Å². The quantitative estimate of drug-likeness (QED) is 0.670. The van der Waals surface area contributed by atoms with E-state index in [4.69, 9.17) is 4.74 Å². The van der Waals surface area contributed by atoms with Gasteiger partial charge in [0.1, 0.15) is 11.9 Å². The van der Waals surface area contributed by atoms with Crippen LogP contribution in [0.5, 0.6) is 5.75 Å². The maximum atomic E-state index is 11.6. The molecule has 168 valence electrons. The first-order chi connectivity index (χ1) is 15.5. The van der Waals surface area contributed by atoms with Crippen molar-refractivity contribution in [3.8, 4) is 16.9 Å². The molecule has 0 radical (unpaired) electrons. The van der Waals surface area contributed by atoms with E-state index in [1.165, 1.54) is 5.69 Å². The minimum Gasteiger partial charge on any atom is -0.490 e. The molecule has 2 aliphatic heterocycles. The van der Waals surface area contributed by atoms with Crippen LogP contribution in [0.1, 0.15) is 13.3 Å². The van der Waals surface area contributed by atoms with E-state index in [9.17, 15) is 4.79 Å². The van der Waals surface area contributed by atoms with Crippen LogP contribution in [0.2, 0.25) is 0 Å². The Hall–Kier alpha value is -3.06. The second kappa shape index (κ2) is 8.47. The first kappa shape index (κ1) is 20.8. The van der Waals surface area contributed by atoms with Crippen LogP contribution in [-0.2, 0) is 11.8 Å². The lowest BCUT2D eigenvalue weighted by molar-refractivity contribution is -0.119. The highest BCUT2D eigenvalue weighted by atomic mass is 16.5. The zero-order valence-corrected chi connectivity index (χ0v) is 19.0. The Morgan fingerprint density at radius 2 is 1.81 bits per heavy atom. The van der Waals surface area contributed by atoms with Gasteiger partial charge >= 0.3 is 0 Å². The Morgan fingerprint density at radius 3 is 2.50 bits per heavy atom. The summed E-state index contributed by atoms with van der Waals surface area (Å²) in [6.07, 6.45) is 2.45. The lowest BCUT2D eigenvalue weighted by Crippen LogP contribution is -2.44. The summed E-state index contributed by atoms with van der Waals surface area (Å²) in [5.41, 5.74) is 4.41. The van der Waals surface area contributed by atoms with Crippen molar-refractivity contribution in [1.82, 2.24) is 20.0 Å². The number of piperazine rings is 1. The van der Waals surface area contributed by atoms with Crippen LogP contribution in [-0.4, -0.2) is 66.5 Å². The van der Waals surface area contributed by atoms with Gasteiger partial charge in [-0.25, -0.2) is 0 Å². The average molecular weight is 434 g/mol. The van der Waals surface area contributed by atoms with Crippen LogP contribution in [0.3, 0.4) is 0 Å². The summed E-state index contributed by atoms with van der Waals surface area (Å²) >= 11 is 0. The Kier molecular flexibility index (Phi) is 5.51. The molecule has 1 N–H and O–H groups in total.